The first-order valence-electron chi connectivity index (χ1n) is 10.0. The first kappa shape index (κ1) is 22.7. The van der Waals surface area contributed by atoms with E-state index in [9.17, 15) is 9.90 Å². The van der Waals surface area contributed by atoms with Crippen molar-refractivity contribution in [1.29, 1.82) is 0 Å². The van der Waals surface area contributed by atoms with E-state index in [1.807, 2.05) is 17.0 Å². The number of methoxy groups -OCH3 is 1. The normalized spacial score (nSPS) is 14.7. The number of hydrogen-bond donors (Lipinski definition) is 2. The number of benzene rings is 2. The molecule has 0 atom stereocenters. The molecule has 2 heterocycles. The second-order valence-corrected chi connectivity index (χ2v) is 8.92. The molecule has 0 bridgehead atoms. The number of halogens is 3. The lowest BCUT2D eigenvalue weighted by molar-refractivity contribution is -0.142. The molecule has 4 rings (SSSR count). The fourth-order valence-electron chi connectivity index (χ4n) is 4.05. The van der Waals surface area contributed by atoms with Crippen molar-refractivity contribution in [2.45, 2.75) is 19.3 Å². The van der Waals surface area contributed by atoms with Crippen LogP contribution in [0.1, 0.15) is 24.1 Å². The molecule has 0 radical (unpaired) electrons. The maximum Gasteiger partial charge on any atom is 0.306 e. The van der Waals surface area contributed by atoms with E-state index in [0.29, 0.717) is 70.7 Å². The van der Waals surface area contributed by atoms with Crippen molar-refractivity contribution < 1.29 is 14.6 Å². The minimum Gasteiger partial charge on any atom is -0.495 e. The molecule has 168 valence electrons. The van der Waals surface area contributed by atoms with Gasteiger partial charge < -0.3 is 20.5 Å². The highest BCUT2D eigenvalue weighted by molar-refractivity contribution is 6.45. The van der Waals surface area contributed by atoms with Gasteiger partial charge in [0.2, 0.25) is 0 Å². The summed E-state index contributed by atoms with van der Waals surface area (Å²) in [5.41, 5.74) is 8.27. The van der Waals surface area contributed by atoms with Crippen LogP contribution in [0.25, 0.3) is 10.8 Å². The minimum absolute atomic E-state index is 0.261. The van der Waals surface area contributed by atoms with E-state index in [1.165, 1.54) is 0 Å². The van der Waals surface area contributed by atoms with Crippen LogP contribution in [-0.4, -0.2) is 41.5 Å². The monoisotopic (exact) mass is 494 g/mol. The number of ether oxygens (including phenoxy) is 1. The summed E-state index contributed by atoms with van der Waals surface area (Å²) in [4.78, 5) is 13.3. The molecule has 1 saturated heterocycles. The van der Waals surface area contributed by atoms with Crippen molar-refractivity contribution in [3.05, 3.63) is 50.6 Å². The van der Waals surface area contributed by atoms with Crippen molar-refractivity contribution in [1.82, 2.24) is 10.2 Å². The zero-order valence-corrected chi connectivity index (χ0v) is 19.5. The average molecular weight is 496 g/mol. The van der Waals surface area contributed by atoms with E-state index in [4.69, 9.17) is 45.3 Å². The number of carboxylic acids is 1. The number of rotatable bonds is 5. The van der Waals surface area contributed by atoms with Crippen LogP contribution in [0, 0.1) is 5.92 Å². The Labute approximate surface area is 200 Å². The maximum absolute atomic E-state index is 11.3. The average Bonchev–Trinajstić information content (AvgIpc) is 2.78. The van der Waals surface area contributed by atoms with Crippen LogP contribution in [0.3, 0.4) is 0 Å². The highest BCUT2D eigenvalue weighted by Gasteiger charge is 2.27. The lowest BCUT2D eigenvalue weighted by Crippen LogP contribution is -2.37. The summed E-state index contributed by atoms with van der Waals surface area (Å²) >= 11 is 19.0. The number of aromatic nitrogens is 2. The summed E-state index contributed by atoms with van der Waals surface area (Å²) < 4.78 is 5.22. The van der Waals surface area contributed by atoms with Crippen molar-refractivity contribution >= 4 is 63.0 Å². The number of nitrogen functional groups attached to an aromatic ring is 1. The van der Waals surface area contributed by atoms with E-state index in [2.05, 4.69) is 10.2 Å². The van der Waals surface area contributed by atoms with Gasteiger partial charge in [0.05, 0.1) is 39.5 Å². The second kappa shape index (κ2) is 9.17. The molecule has 10 heteroatoms. The predicted octanol–water partition coefficient (Wildman–Crippen LogP) is 5.07. The van der Waals surface area contributed by atoms with Gasteiger partial charge in [-0.15, -0.1) is 5.10 Å². The summed E-state index contributed by atoms with van der Waals surface area (Å²) in [7, 11) is 1.56. The Morgan fingerprint density at radius 3 is 2.53 bits per heavy atom. The zero-order valence-electron chi connectivity index (χ0n) is 17.2. The Hall–Kier alpha value is -2.48. The Bertz CT molecular complexity index is 1200. The topological polar surface area (TPSA) is 102 Å². The van der Waals surface area contributed by atoms with E-state index < -0.39 is 5.97 Å². The molecule has 1 aliphatic rings. The molecule has 0 saturated carbocycles. The van der Waals surface area contributed by atoms with Crippen LogP contribution in [0.4, 0.5) is 11.5 Å². The van der Waals surface area contributed by atoms with Crippen molar-refractivity contribution in [3.8, 4) is 5.75 Å². The molecular weight excluding hydrogens is 475 g/mol. The van der Waals surface area contributed by atoms with Gasteiger partial charge in [-0.05, 0) is 36.6 Å². The lowest BCUT2D eigenvalue weighted by Gasteiger charge is -2.31. The number of fused-ring (bicyclic) bond motifs is 1. The Kier molecular flexibility index (Phi) is 6.51. The largest absolute Gasteiger partial charge is 0.495 e. The highest BCUT2D eigenvalue weighted by Crippen LogP contribution is 2.41. The molecule has 0 unspecified atom stereocenters. The number of carbonyl (C=O) groups is 1. The minimum atomic E-state index is -0.770. The van der Waals surface area contributed by atoms with E-state index >= 15 is 0 Å². The second-order valence-electron chi connectivity index (χ2n) is 7.72. The Morgan fingerprint density at radius 2 is 1.91 bits per heavy atom. The number of piperidine rings is 1. The number of carboxylic acid groups (broad SMARTS) is 1. The summed E-state index contributed by atoms with van der Waals surface area (Å²) in [5.74, 6) is 0.0762. The van der Waals surface area contributed by atoms with Gasteiger partial charge in [0.15, 0.2) is 5.82 Å². The van der Waals surface area contributed by atoms with Gasteiger partial charge in [0.1, 0.15) is 5.75 Å². The highest BCUT2D eigenvalue weighted by atomic mass is 35.5. The summed E-state index contributed by atoms with van der Waals surface area (Å²) in [5, 5.41) is 20.7. The molecule has 7 nitrogen and oxygen atoms in total. The third kappa shape index (κ3) is 4.25. The van der Waals surface area contributed by atoms with Crippen molar-refractivity contribution in [3.63, 3.8) is 0 Å². The molecule has 3 N–H and O–H groups in total. The molecule has 1 fully saturated rings. The van der Waals surface area contributed by atoms with Gasteiger partial charge >= 0.3 is 5.97 Å². The molecule has 0 spiro atoms. The van der Waals surface area contributed by atoms with E-state index in [0.717, 1.165) is 10.9 Å². The zero-order chi connectivity index (χ0) is 23.0. The predicted molar refractivity (Wildman–Crippen MR) is 127 cm³/mol. The first-order valence-corrected chi connectivity index (χ1v) is 11.2. The molecule has 3 aromatic rings. The maximum atomic E-state index is 11.3. The van der Waals surface area contributed by atoms with Gasteiger partial charge in [0.25, 0.3) is 0 Å². The van der Waals surface area contributed by atoms with Gasteiger partial charge in [-0.25, -0.2) is 0 Å². The van der Waals surface area contributed by atoms with Crippen LogP contribution >= 0.6 is 34.8 Å². The molecule has 2 aromatic carbocycles. The van der Waals surface area contributed by atoms with Crippen molar-refractivity contribution in [2.75, 3.05) is 30.8 Å². The number of anilines is 2. The van der Waals surface area contributed by atoms with Crippen LogP contribution < -0.4 is 15.4 Å². The van der Waals surface area contributed by atoms with Gasteiger partial charge in [-0.3, -0.25) is 4.79 Å². The number of aliphatic carboxylic acids is 1. The van der Waals surface area contributed by atoms with E-state index in [-0.39, 0.29) is 10.9 Å². The van der Waals surface area contributed by atoms with E-state index in [1.54, 1.807) is 19.2 Å². The molecule has 1 aromatic heterocycles. The Morgan fingerprint density at radius 1 is 1.19 bits per heavy atom. The fourth-order valence-corrected chi connectivity index (χ4v) is 4.69. The standard InChI is InChI=1S/C22H21Cl3N4O3/c1-32-17-3-2-11(8-14(17)23)9-16-18-13(10-15(24)19(25)20(18)26)21(28-27-16)29-6-4-12(5-7-29)22(30)31/h2-3,8,10,12H,4-7,9,26H2,1H3,(H,30,31). The van der Waals surface area contributed by atoms with Crippen LogP contribution in [0.15, 0.2) is 24.3 Å². The molecule has 1 aliphatic heterocycles. The molecular formula is C22H21Cl3N4O3. The van der Waals surface area contributed by atoms with Crippen LogP contribution in [0.2, 0.25) is 15.1 Å². The van der Waals surface area contributed by atoms with Crippen molar-refractivity contribution in [2.24, 2.45) is 5.92 Å². The first-order chi connectivity index (χ1) is 15.3. The smallest absolute Gasteiger partial charge is 0.306 e. The SMILES string of the molecule is COc1ccc(Cc2nnc(N3CCC(C(=O)O)CC3)c3cc(Cl)c(Cl)c(N)c23)cc1Cl. The quantitative estimate of drug-likeness (QED) is 0.476. The van der Waals surface area contributed by atoms with Crippen LogP contribution in [0.5, 0.6) is 5.75 Å². The summed E-state index contributed by atoms with van der Waals surface area (Å²) in [6, 6.07) is 7.25. The summed E-state index contributed by atoms with van der Waals surface area (Å²) in [6.07, 6.45) is 1.49. The third-order valence-corrected chi connectivity index (χ3v) is 6.88. The Balaban J connectivity index is 1.77. The number of nitrogens with two attached hydrogens (primary N) is 1. The van der Waals surface area contributed by atoms with Crippen LogP contribution in [-0.2, 0) is 11.2 Å². The molecule has 0 amide bonds. The third-order valence-electron chi connectivity index (χ3n) is 5.78. The fraction of sp³-hybridized carbons (Fsp3) is 0.318. The van der Waals surface area contributed by atoms with Gasteiger partial charge in [0, 0.05) is 30.3 Å². The van der Waals surface area contributed by atoms with Gasteiger partial charge in [-0.2, -0.15) is 5.10 Å². The number of hydrogen-bond acceptors (Lipinski definition) is 6. The number of nitrogens with zero attached hydrogens (tertiary/aromatic N) is 3. The lowest BCUT2D eigenvalue weighted by atomic mass is 9.96. The molecule has 32 heavy (non-hydrogen) atoms. The molecule has 0 aliphatic carbocycles. The van der Waals surface area contributed by atoms with Gasteiger partial charge in [-0.1, -0.05) is 40.9 Å². The summed E-state index contributed by atoms with van der Waals surface area (Å²) in [6.45, 7) is 1.10.